The number of carboxylic acids is 1. The molecule has 0 amide bonds. The zero-order chi connectivity index (χ0) is 16.2. The van der Waals surface area contributed by atoms with Crippen LogP contribution in [0.1, 0.15) is 23.7 Å². The molecule has 0 radical (unpaired) electrons. The molecule has 1 unspecified atom stereocenters. The molecule has 0 spiro atoms. The Bertz CT molecular complexity index is 611. The SMILES string of the molecule is CCN(CCOc1ccc(C(=O)O)cc1)C1CCS(=O)(=O)C1. The van der Waals surface area contributed by atoms with E-state index in [1.807, 2.05) is 6.92 Å². The van der Waals surface area contributed by atoms with Crippen LogP contribution in [0, 0.1) is 0 Å². The van der Waals surface area contributed by atoms with Crippen molar-refractivity contribution in [1.82, 2.24) is 4.90 Å². The van der Waals surface area contributed by atoms with Gasteiger partial charge in [-0.15, -0.1) is 0 Å². The average molecular weight is 327 g/mol. The van der Waals surface area contributed by atoms with Crippen molar-refractivity contribution in [2.45, 2.75) is 19.4 Å². The molecule has 1 N–H and O–H groups in total. The molecule has 122 valence electrons. The summed E-state index contributed by atoms with van der Waals surface area (Å²) >= 11 is 0. The Labute approximate surface area is 130 Å². The van der Waals surface area contributed by atoms with Crippen molar-refractivity contribution in [1.29, 1.82) is 0 Å². The van der Waals surface area contributed by atoms with E-state index in [2.05, 4.69) is 4.90 Å². The van der Waals surface area contributed by atoms with Crippen molar-refractivity contribution < 1.29 is 23.1 Å². The maximum atomic E-state index is 11.5. The Morgan fingerprint density at radius 2 is 2.05 bits per heavy atom. The van der Waals surface area contributed by atoms with E-state index in [0.717, 1.165) is 6.54 Å². The molecule has 22 heavy (non-hydrogen) atoms. The highest BCUT2D eigenvalue weighted by Gasteiger charge is 2.31. The number of hydrogen-bond acceptors (Lipinski definition) is 5. The second-order valence-corrected chi connectivity index (χ2v) is 7.59. The van der Waals surface area contributed by atoms with E-state index in [9.17, 15) is 13.2 Å². The predicted molar refractivity (Wildman–Crippen MR) is 83.2 cm³/mol. The molecule has 0 aliphatic carbocycles. The van der Waals surface area contributed by atoms with E-state index in [0.29, 0.717) is 25.3 Å². The van der Waals surface area contributed by atoms with Gasteiger partial charge in [-0.2, -0.15) is 0 Å². The number of ether oxygens (including phenoxy) is 1. The number of rotatable bonds is 7. The first-order chi connectivity index (χ1) is 10.4. The van der Waals surface area contributed by atoms with E-state index >= 15 is 0 Å². The van der Waals surface area contributed by atoms with Gasteiger partial charge in [0.25, 0.3) is 0 Å². The van der Waals surface area contributed by atoms with Crippen LogP contribution >= 0.6 is 0 Å². The van der Waals surface area contributed by atoms with Gasteiger partial charge in [0.05, 0.1) is 17.1 Å². The lowest BCUT2D eigenvalue weighted by Crippen LogP contribution is -2.38. The molecule has 6 nitrogen and oxygen atoms in total. The van der Waals surface area contributed by atoms with Crippen LogP contribution in [0.2, 0.25) is 0 Å². The Balaban J connectivity index is 1.82. The minimum atomic E-state index is -2.88. The Hall–Kier alpha value is -1.60. The second kappa shape index (κ2) is 7.11. The molecule has 2 rings (SSSR count). The molecule has 0 bridgehead atoms. The highest BCUT2D eigenvalue weighted by Crippen LogP contribution is 2.18. The molecule has 1 saturated heterocycles. The van der Waals surface area contributed by atoms with Gasteiger partial charge in [0, 0.05) is 12.6 Å². The van der Waals surface area contributed by atoms with Crippen LogP contribution in [-0.2, 0) is 9.84 Å². The van der Waals surface area contributed by atoms with Crippen LogP contribution in [0.4, 0.5) is 0 Å². The Morgan fingerprint density at radius 3 is 2.55 bits per heavy atom. The monoisotopic (exact) mass is 327 g/mol. The first-order valence-electron chi connectivity index (χ1n) is 7.32. The minimum Gasteiger partial charge on any atom is -0.492 e. The number of carboxylic acid groups (broad SMARTS) is 1. The van der Waals surface area contributed by atoms with Gasteiger partial charge in [0.2, 0.25) is 0 Å². The number of nitrogens with zero attached hydrogens (tertiary/aromatic N) is 1. The lowest BCUT2D eigenvalue weighted by atomic mass is 10.2. The fourth-order valence-corrected chi connectivity index (χ4v) is 4.40. The number of benzene rings is 1. The summed E-state index contributed by atoms with van der Waals surface area (Å²) in [6.45, 7) is 3.88. The largest absolute Gasteiger partial charge is 0.492 e. The molecule has 1 fully saturated rings. The summed E-state index contributed by atoms with van der Waals surface area (Å²) in [6, 6.07) is 6.32. The summed E-state index contributed by atoms with van der Waals surface area (Å²) in [5.41, 5.74) is 0.221. The molecule has 7 heteroatoms. The molecule has 0 saturated carbocycles. The number of hydrogen-bond donors (Lipinski definition) is 1. The van der Waals surface area contributed by atoms with Crippen LogP contribution in [0.3, 0.4) is 0 Å². The van der Waals surface area contributed by atoms with E-state index in [1.54, 1.807) is 12.1 Å². The highest BCUT2D eigenvalue weighted by molar-refractivity contribution is 7.91. The normalized spacial score (nSPS) is 20.2. The molecule has 1 aliphatic heterocycles. The second-order valence-electron chi connectivity index (χ2n) is 5.36. The molecular formula is C15H21NO5S. The third kappa shape index (κ3) is 4.45. The van der Waals surface area contributed by atoms with Gasteiger partial charge in [0.1, 0.15) is 12.4 Å². The van der Waals surface area contributed by atoms with Crippen LogP contribution in [-0.4, -0.2) is 61.6 Å². The van der Waals surface area contributed by atoms with Gasteiger partial charge in [-0.3, -0.25) is 4.90 Å². The van der Waals surface area contributed by atoms with Crippen molar-refractivity contribution in [2.75, 3.05) is 31.2 Å². The van der Waals surface area contributed by atoms with Crippen LogP contribution < -0.4 is 4.74 Å². The zero-order valence-electron chi connectivity index (χ0n) is 12.6. The summed E-state index contributed by atoms with van der Waals surface area (Å²) in [4.78, 5) is 12.9. The third-order valence-corrected chi connectivity index (χ3v) is 5.63. The van der Waals surface area contributed by atoms with Crippen LogP contribution in [0.25, 0.3) is 0 Å². The topological polar surface area (TPSA) is 83.9 Å². The van der Waals surface area contributed by atoms with Crippen molar-refractivity contribution >= 4 is 15.8 Å². The third-order valence-electron chi connectivity index (χ3n) is 3.88. The summed E-state index contributed by atoms with van der Waals surface area (Å²) in [5, 5.41) is 8.82. The Kier molecular flexibility index (Phi) is 5.42. The first-order valence-corrected chi connectivity index (χ1v) is 9.14. The smallest absolute Gasteiger partial charge is 0.335 e. The fraction of sp³-hybridized carbons (Fsp3) is 0.533. The summed E-state index contributed by atoms with van der Waals surface area (Å²) in [5.74, 6) is 0.144. The van der Waals surface area contributed by atoms with Gasteiger partial charge < -0.3 is 9.84 Å². The lowest BCUT2D eigenvalue weighted by molar-refractivity contribution is 0.0697. The summed E-state index contributed by atoms with van der Waals surface area (Å²) < 4.78 is 28.7. The summed E-state index contributed by atoms with van der Waals surface area (Å²) in [6.07, 6.45) is 0.684. The van der Waals surface area contributed by atoms with Gasteiger partial charge in [-0.05, 0) is 37.2 Å². The maximum absolute atomic E-state index is 11.5. The molecule has 1 heterocycles. The van der Waals surface area contributed by atoms with E-state index in [-0.39, 0.29) is 23.1 Å². The number of sulfone groups is 1. The van der Waals surface area contributed by atoms with Crippen molar-refractivity contribution in [3.05, 3.63) is 29.8 Å². The molecule has 0 aromatic heterocycles. The van der Waals surface area contributed by atoms with Crippen molar-refractivity contribution in [3.63, 3.8) is 0 Å². The van der Waals surface area contributed by atoms with Crippen molar-refractivity contribution in [2.24, 2.45) is 0 Å². The van der Waals surface area contributed by atoms with Crippen LogP contribution in [0.15, 0.2) is 24.3 Å². The molecular weight excluding hydrogens is 306 g/mol. The first kappa shape index (κ1) is 16.8. The van der Waals surface area contributed by atoms with Crippen LogP contribution in [0.5, 0.6) is 5.75 Å². The molecule has 1 aromatic rings. The standard InChI is InChI=1S/C15H21NO5S/c1-2-16(13-7-10-22(19,20)11-13)8-9-21-14-5-3-12(4-6-14)15(17)18/h3-6,13H,2,7-11H2,1H3,(H,17,18). The van der Waals surface area contributed by atoms with Gasteiger partial charge in [-0.1, -0.05) is 6.92 Å². The predicted octanol–water partition coefficient (Wildman–Crippen LogP) is 1.27. The lowest BCUT2D eigenvalue weighted by Gasteiger charge is -2.26. The number of aromatic carboxylic acids is 1. The number of carbonyl (C=O) groups is 1. The molecule has 1 aliphatic rings. The maximum Gasteiger partial charge on any atom is 0.335 e. The van der Waals surface area contributed by atoms with Gasteiger partial charge in [-0.25, -0.2) is 13.2 Å². The summed E-state index contributed by atoms with van der Waals surface area (Å²) in [7, 11) is -2.88. The highest BCUT2D eigenvalue weighted by atomic mass is 32.2. The van der Waals surface area contributed by atoms with E-state index in [1.165, 1.54) is 12.1 Å². The molecule has 1 aromatic carbocycles. The quantitative estimate of drug-likeness (QED) is 0.812. The Morgan fingerprint density at radius 1 is 1.36 bits per heavy atom. The average Bonchev–Trinajstić information content (AvgIpc) is 2.84. The fourth-order valence-electron chi connectivity index (χ4n) is 2.64. The number of likely N-dealkylation sites (N-methyl/N-ethyl adjacent to an activating group) is 1. The minimum absolute atomic E-state index is 0.0768. The van der Waals surface area contributed by atoms with E-state index < -0.39 is 15.8 Å². The van der Waals surface area contributed by atoms with Crippen molar-refractivity contribution in [3.8, 4) is 5.75 Å². The zero-order valence-corrected chi connectivity index (χ0v) is 13.4. The van der Waals surface area contributed by atoms with Gasteiger partial charge >= 0.3 is 5.97 Å². The molecule has 1 atom stereocenters. The van der Waals surface area contributed by atoms with E-state index in [4.69, 9.17) is 9.84 Å². The van der Waals surface area contributed by atoms with Gasteiger partial charge in [0.15, 0.2) is 9.84 Å².